The van der Waals surface area contributed by atoms with Gasteiger partial charge < -0.3 is 0 Å². The van der Waals surface area contributed by atoms with Crippen molar-refractivity contribution >= 4 is 15.6 Å². The smallest absolute Gasteiger partial charge is 0.264 e. The fraction of sp³-hybridized carbons (Fsp3) is 0.333. The maximum Gasteiger partial charge on any atom is 0.303 e. The molecule has 5 nitrogen and oxygen atoms in total. The third-order valence-electron chi connectivity index (χ3n) is 1.57. The molecule has 1 aliphatic heterocycles. The largest absolute Gasteiger partial charge is 0.303 e. The van der Waals surface area contributed by atoms with Crippen LogP contribution < -0.4 is 0 Å². The second-order valence-electron chi connectivity index (χ2n) is 2.70. The molecule has 0 N–H and O–H groups in total. The van der Waals surface area contributed by atoms with E-state index in [2.05, 4.69) is 9.46 Å². The minimum atomic E-state index is -2.39. The van der Waals surface area contributed by atoms with Crippen LogP contribution in [-0.2, 0) is 15.6 Å². The SMILES string of the molecule is CS1(=O)=NC(=O)c2ccnn2C1. The number of carbonyl (C=O) groups is 1. The van der Waals surface area contributed by atoms with Gasteiger partial charge in [-0.3, -0.25) is 4.79 Å². The normalized spacial score (nSPS) is 27.9. The van der Waals surface area contributed by atoms with Crippen LogP contribution in [0.1, 0.15) is 10.5 Å². The lowest BCUT2D eigenvalue weighted by Gasteiger charge is -2.11. The summed E-state index contributed by atoms with van der Waals surface area (Å²) in [4.78, 5) is 11.2. The molecule has 0 radical (unpaired) electrons. The van der Waals surface area contributed by atoms with Gasteiger partial charge in [-0.15, -0.1) is 0 Å². The molecular formula is C6H7N3O2S. The molecule has 2 heterocycles. The highest BCUT2D eigenvalue weighted by Gasteiger charge is 2.20. The zero-order chi connectivity index (χ0) is 8.77. The minimum absolute atomic E-state index is 0.209. The van der Waals surface area contributed by atoms with Gasteiger partial charge in [-0.1, -0.05) is 0 Å². The van der Waals surface area contributed by atoms with Crippen LogP contribution in [0.5, 0.6) is 0 Å². The van der Waals surface area contributed by atoms with E-state index in [1.807, 2.05) is 0 Å². The highest BCUT2D eigenvalue weighted by atomic mass is 32.2. The Morgan fingerprint density at radius 2 is 2.42 bits per heavy atom. The molecule has 0 fully saturated rings. The second kappa shape index (κ2) is 2.16. The summed E-state index contributed by atoms with van der Waals surface area (Å²) in [7, 11) is -2.39. The summed E-state index contributed by atoms with van der Waals surface area (Å²) in [6.07, 6.45) is 2.96. The van der Waals surface area contributed by atoms with Gasteiger partial charge in [-0.2, -0.15) is 9.46 Å². The molecule has 2 rings (SSSR count). The van der Waals surface area contributed by atoms with Crippen molar-refractivity contribution in [1.82, 2.24) is 9.78 Å². The molecule has 0 saturated heterocycles. The predicted octanol–water partition coefficient (Wildman–Crippen LogP) is 0.0922. The first kappa shape index (κ1) is 7.48. The van der Waals surface area contributed by atoms with Crippen molar-refractivity contribution in [1.29, 1.82) is 0 Å². The molecule has 0 aliphatic carbocycles. The molecule has 6 heteroatoms. The zero-order valence-electron chi connectivity index (χ0n) is 6.43. The van der Waals surface area contributed by atoms with E-state index in [0.717, 1.165) is 0 Å². The van der Waals surface area contributed by atoms with E-state index in [-0.39, 0.29) is 5.88 Å². The maximum absolute atomic E-state index is 11.4. The fourth-order valence-corrected chi connectivity index (χ4v) is 2.26. The average molecular weight is 185 g/mol. The molecule has 1 aromatic rings. The van der Waals surface area contributed by atoms with Crippen LogP contribution >= 0.6 is 0 Å². The summed E-state index contributed by atoms with van der Waals surface area (Å²) in [6.45, 7) is 0. The molecule has 1 aromatic heterocycles. The first-order valence-electron chi connectivity index (χ1n) is 3.34. The summed E-state index contributed by atoms with van der Waals surface area (Å²) in [6, 6.07) is 1.57. The van der Waals surface area contributed by atoms with Crippen LogP contribution in [0, 0.1) is 0 Å². The first-order chi connectivity index (χ1) is 5.58. The third kappa shape index (κ3) is 1.04. The fourth-order valence-electron chi connectivity index (χ4n) is 1.10. The van der Waals surface area contributed by atoms with E-state index >= 15 is 0 Å². The molecule has 1 aliphatic rings. The van der Waals surface area contributed by atoms with Crippen LogP contribution in [0.15, 0.2) is 16.6 Å². The number of nitrogens with zero attached hydrogens (tertiary/aromatic N) is 3. The maximum atomic E-state index is 11.4. The highest BCUT2D eigenvalue weighted by Crippen LogP contribution is 2.11. The van der Waals surface area contributed by atoms with Gasteiger partial charge in [0.05, 0.1) is 9.73 Å². The van der Waals surface area contributed by atoms with Crippen LogP contribution in [0.25, 0.3) is 0 Å². The summed E-state index contributed by atoms with van der Waals surface area (Å²) >= 11 is 0. The molecule has 0 spiro atoms. The van der Waals surface area contributed by atoms with Crippen LogP contribution in [-0.4, -0.2) is 26.2 Å². The van der Waals surface area contributed by atoms with Crippen molar-refractivity contribution in [3.63, 3.8) is 0 Å². The van der Waals surface area contributed by atoms with E-state index in [9.17, 15) is 9.00 Å². The Kier molecular flexibility index (Phi) is 1.35. The summed E-state index contributed by atoms with van der Waals surface area (Å²) < 4.78 is 16.4. The van der Waals surface area contributed by atoms with Gasteiger partial charge in [-0.25, -0.2) is 8.89 Å². The number of rotatable bonds is 0. The van der Waals surface area contributed by atoms with E-state index in [0.29, 0.717) is 5.69 Å². The van der Waals surface area contributed by atoms with E-state index < -0.39 is 15.6 Å². The number of hydrogen-bond donors (Lipinski definition) is 0. The highest BCUT2D eigenvalue weighted by molar-refractivity contribution is 7.92. The monoisotopic (exact) mass is 185 g/mol. The van der Waals surface area contributed by atoms with Crippen molar-refractivity contribution in [2.24, 2.45) is 4.36 Å². The lowest BCUT2D eigenvalue weighted by Crippen LogP contribution is -2.21. The van der Waals surface area contributed by atoms with Crippen molar-refractivity contribution in [3.8, 4) is 0 Å². The van der Waals surface area contributed by atoms with E-state index in [1.165, 1.54) is 17.1 Å². The van der Waals surface area contributed by atoms with Gasteiger partial charge in [0.25, 0.3) is 0 Å². The molecule has 1 unspecified atom stereocenters. The number of hydrogen-bond acceptors (Lipinski definition) is 3. The van der Waals surface area contributed by atoms with Gasteiger partial charge in [0.1, 0.15) is 11.6 Å². The number of amides is 1. The number of aromatic nitrogens is 2. The van der Waals surface area contributed by atoms with Crippen LogP contribution in [0.3, 0.4) is 0 Å². The standard InChI is InChI=1S/C6H7N3O2S/c1-12(11)4-9-5(2-3-7-9)6(10)8-12/h2-3H,4H2,1H3. The molecule has 0 saturated carbocycles. The van der Waals surface area contributed by atoms with E-state index in [1.54, 1.807) is 6.07 Å². The Hall–Kier alpha value is -1.17. The minimum Gasteiger partial charge on any atom is -0.264 e. The number of fused-ring (bicyclic) bond motifs is 1. The Balaban J connectivity index is 2.65. The Labute approximate surface area is 69.6 Å². The first-order valence-corrected chi connectivity index (χ1v) is 5.44. The Bertz CT molecular complexity index is 453. The molecule has 1 amide bonds. The number of carbonyl (C=O) groups excluding carboxylic acids is 1. The third-order valence-corrected chi connectivity index (χ3v) is 2.85. The lowest BCUT2D eigenvalue weighted by atomic mass is 10.4. The molecule has 0 aromatic carbocycles. The van der Waals surface area contributed by atoms with Crippen LogP contribution in [0.2, 0.25) is 0 Å². The van der Waals surface area contributed by atoms with Crippen molar-refractivity contribution in [2.75, 3.05) is 6.26 Å². The van der Waals surface area contributed by atoms with Crippen molar-refractivity contribution < 1.29 is 9.00 Å². The van der Waals surface area contributed by atoms with Crippen molar-refractivity contribution in [2.45, 2.75) is 5.88 Å². The predicted molar refractivity (Wildman–Crippen MR) is 43.1 cm³/mol. The van der Waals surface area contributed by atoms with Crippen molar-refractivity contribution in [3.05, 3.63) is 18.0 Å². The Morgan fingerprint density at radius 3 is 3.17 bits per heavy atom. The molecule has 12 heavy (non-hydrogen) atoms. The average Bonchev–Trinajstić information content (AvgIpc) is 2.31. The molecular weight excluding hydrogens is 178 g/mol. The second-order valence-corrected chi connectivity index (χ2v) is 5.06. The topological polar surface area (TPSA) is 64.3 Å². The van der Waals surface area contributed by atoms with Gasteiger partial charge in [0.15, 0.2) is 0 Å². The zero-order valence-corrected chi connectivity index (χ0v) is 7.24. The van der Waals surface area contributed by atoms with Gasteiger partial charge >= 0.3 is 5.91 Å². The summed E-state index contributed by atoms with van der Waals surface area (Å²) in [5.74, 6) is -0.229. The molecule has 1 atom stereocenters. The van der Waals surface area contributed by atoms with Gasteiger partial charge in [-0.05, 0) is 6.07 Å². The summed E-state index contributed by atoms with van der Waals surface area (Å²) in [5.41, 5.74) is 0.413. The summed E-state index contributed by atoms with van der Waals surface area (Å²) in [5, 5.41) is 3.86. The lowest BCUT2D eigenvalue weighted by molar-refractivity contribution is 0.0993. The van der Waals surface area contributed by atoms with Crippen LogP contribution in [0.4, 0.5) is 0 Å². The van der Waals surface area contributed by atoms with Gasteiger partial charge in [0, 0.05) is 12.5 Å². The molecule has 64 valence electrons. The molecule has 0 bridgehead atoms. The van der Waals surface area contributed by atoms with Gasteiger partial charge in [0.2, 0.25) is 0 Å². The Morgan fingerprint density at radius 1 is 1.67 bits per heavy atom. The van der Waals surface area contributed by atoms with E-state index in [4.69, 9.17) is 0 Å². The quantitative estimate of drug-likeness (QED) is 0.575.